The first-order valence-electron chi connectivity index (χ1n) is 3.56. The van der Waals surface area contributed by atoms with E-state index in [1.54, 1.807) is 11.3 Å². The molecule has 0 aliphatic heterocycles. The summed E-state index contributed by atoms with van der Waals surface area (Å²) in [5.41, 5.74) is 5.41. The van der Waals surface area contributed by atoms with Crippen LogP contribution in [0.5, 0.6) is 0 Å². The third-order valence-electron chi connectivity index (χ3n) is 1.31. The van der Waals surface area contributed by atoms with E-state index < -0.39 is 0 Å². The van der Waals surface area contributed by atoms with Gasteiger partial charge in [0.2, 0.25) is 0 Å². The van der Waals surface area contributed by atoms with Gasteiger partial charge in [-0.25, -0.2) is 4.98 Å². The van der Waals surface area contributed by atoms with Gasteiger partial charge in [0.25, 0.3) is 0 Å². The van der Waals surface area contributed by atoms with Crippen LogP contribution in [0.3, 0.4) is 0 Å². The Labute approximate surface area is 70.9 Å². The molecule has 0 fully saturated rings. The van der Waals surface area contributed by atoms with Gasteiger partial charge in [-0.1, -0.05) is 0 Å². The summed E-state index contributed by atoms with van der Waals surface area (Å²) in [5.74, 6) is 0. The van der Waals surface area contributed by atoms with Crippen LogP contribution in [0.1, 0.15) is 4.88 Å². The first kappa shape index (κ1) is 8.49. The van der Waals surface area contributed by atoms with E-state index in [0.717, 1.165) is 11.6 Å². The third-order valence-corrected chi connectivity index (χ3v) is 2.54. The van der Waals surface area contributed by atoms with Crippen LogP contribution in [-0.2, 0) is 6.42 Å². The summed E-state index contributed by atoms with van der Waals surface area (Å²) >= 11 is 1.70. The molecule has 0 aromatic carbocycles. The molecule has 1 aromatic rings. The zero-order valence-electron chi connectivity index (χ0n) is 6.87. The van der Waals surface area contributed by atoms with Crippen molar-refractivity contribution < 1.29 is 0 Å². The molecule has 11 heavy (non-hydrogen) atoms. The number of nitrogens with two attached hydrogens (primary N) is 1. The number of thiazole rings is 1. The van der Waals surface area contributed by atoms with Crippen LogP contribution in [-0.4, -0.2) is 25.6 Å². The van der Waals surface area contributed by atoms with E-state index in [9.17, 15) is 0 Å². The standard InChI is InChI=1S/C7H13N3S/c1-10(2)7-9-5-6(11-7)3-4-8/h5H,3-4,8H2,1-2H3. The lowest BCUT2D eigenvalue weighted by molar-refractivity contribution is 0.983. The van der Waals surface area contributed by atoms with Gasteiger partial charge in [0, 0.05) is 25.2 Å². The number of hydrogen-bond acceptors (Lipinski definition) is 4. The average Bonchev–Trinajstić information content (AvgIpc) is 2.37. The Morgan fingerprint density at radius 1 is 1.64 bits per heavy atom. The van der Waals surface area contributed by atoms with Crippen LogP contribution >= 0.6 is 11.3 Å². The molecular weight excluding hydrogens is 158 g/mol. The fraction of sp³-hybridized carbons (Fsp3) is 0.571. The highest BCUT2D eigenvalue weighted by molar-refractivity contribution is 7.15. The molecule has 0 spiro atoms. The Bertz CT molecular complexity index is 219. The Hall–Kier alpha value is -0.610. The van der Waals surface area contributed by atoms with Crippen molar-refractivity contribution in [2.24, 2.45) is 5.73 Å². The molecule has 0 aliphatic carbocycles. The highest BCUT2D eigenvalue weighted by atomic mass is 32.1. The quantitative estimate of drug-likeness (QED) is 0.728. The van der Waals surface area contributed by atoms with Gasteiger partial charge in [0.15, 0.2) is 5.13 Å². The maximum atomic E-state index is 5.41. The molecule has 3 nitrogen and oxygen atoms in total. The molecule has 0 amide bonds. The largest absolute Gasteiger partial charge is 0.354 e. The fourth-order valence-corrected chi connectivity index (χ4v) is 1.61. The minimum absolute atomic E-state index is 0.703. The molecule has 0 unspecified atom stereocenters. The van der Waals surface area contributed by atoms with Crippen LogP contribution in [0.2, 0.25) is 0 Å². The van der Waals surface area contributed by atoms with Crippen LogP contribution < -0.4 is 10.6 Å². The number of nitrogens with zero attached hydrogens (tertiary/aromatic N) is 2. The molecule has 0 saturated heterocycles. The molecule has 0 saturated carbocycles. The van der Waals surface area contributed by atoms with E-state index in [4.69, 9.17) is 5.73 Å². The summed E-state index contributed by atoms with van der Waals surface area (Å²) in [7, 11) is 3.98. The molecule has 62 valence electrons. The van der Waals surface area contributed by atoms with Gasteiger partial charge in [0.05, 0.1) is 0 Å². The zero-order valence-corrected chi connectivity index (χ0v) is 7.69. The minimum Gasteiger partial charge on any atom is -0.354 e. The van der Waals surface area contributed by atoms with Crippen molar-refractivity contribution in [3.05, 3.63) is 11.1 Å². The average molecular weight is 171 g/mol. The van der Waals surface area contributed by atoms with Gasteiger partial charge in [-0.2, -0.15) is 0 Å². The van der Waals surface area contributed by atoms with Crippen molar-refractivity contribution in [1.82, 2.24) is 4.98 Å². The second-order valence-electron chi connectivity index (χ2n) is 2.54. The van der Waals surface area contributed by atoms with Gasteiger partial charge < -0.3 is 10.6 Å². The number of rotatable bonds is 3. The summed E-state index contributed by atoms with van der Waals surface area (Å²) in [6.45, 7) is 0.703. The number of aromatic nitrogens is 1. The molecule has 0 atom stereocenters. The molecule has 0 bridgehead atoms. The van der Waals surface area contributed by atoms with Crippen molar-refractivity contribution in [2.75, 3.05) is 25.5 Å². The smallest absolute Gasteiger partial charge is 0.184 e. The van der Waals surface area contributed by atoms with Crippen molar-refractivity contribution in [3.63, 3.8) is 0 Å². The van der Waals surface area contributed by atoms with Crippen LogP contribution in [0.15, 0.2) is 6.20 Å². The Balaban J connectivity index is 2.66. The van der Waals surface area contributed by atoms with E-state index in [2.05, 4.69) is 4.98 Å². The van der Waals surface area contributed by atoms with Gasteiger partial charge in [0.1, 0.15) is 0 Å². The first-order chi connectivity index (χ1) is 5.24. The predicted octanol–water partition coefficient (Wildman–Crippen LogP) is 0.710. The van der Waals surface area contributed by atoms with Crippen molar-refractivity contribution in [1.29, 1.82) is 0 Å². The molecule has 1 rings (SSSR count). The summed E-state index contributed by atoms with van der Waals surface area (Å²) in [6, 6.07) is 0. The van der Waals surface area contributed by atoms with Gasteiger partial charge in [-0.05, 0) is 13.0 Å². The number of anilines is 1. The maximum Gasteiger partial charge on any atom is 0.184 e. The summed E-state index contributed by atoms with van der Waals surface area (Å²) < 4.78 is 0. The van der Waals surface area contributed by atoms with Crippen molar-refractivity contribution >= 4 is 16.5 Å². The molecule has 2 N–H and O–H groups in total. The topological polar surface area (TPSA) is 42.2 Å². The third kappa shape index (κ3) is 2.17. The van der Waals surface area contributed by atoms with Gasteiger partial charge in [-0.3, -0.25) is 0 Å². The maximum absolute atomic E-state index is 5.41. The van der Waals surface area contributed by atoms with E-state index in [1.807, 2.05) is 25.2 Å². The normalized spacial score (nSPS) is 10.1. The van der Waals surface area contributed by atoms with Gasteiger partial charge in [-0.15, -0.1) is 11.3 Å². The van der Waals surface area contributed by atoms with Gasteiger partial charge >= 0.3 is 0 Å². The lowest BCUT2D eigenvalue weighted by Gasteiger charge is -2.04. The van der Waals surface area contributed by atoms with E-state index in [-0.39, 0.29) is 0 Å². The summed E-state index contributed by atoms with van der Waals surface area (Å²) in [4.78, 5) is 7.49. The van der Waals surface area contributed by atoms with E-state index in [1.165, 1.54) is 4.88 Å². The molecule has 1 aromatic heterocycles. The Morgan fingerprint density at radius 3 is 2.82 bits per heavy atom. The predicted molar refractivity (Wildman–Crippen MR) is 49.2 cm³/mol. The Kier molecular flexibility index (Phi) is 2.84. The Morgan fingerprint density at radius 2 is 2.36 bits per heavy atom. The lowest BCUT2D eigenvalue weighted by atomic mass is 10.4. The van der Waals surface area contributed by atoms with Crippen LogP contribution in [0.25, 0.3) is 0 Å². The molecule has 4 heteroatoms. The van der Waals surface area contributed by atoms with Crippen molar-refractivity contribution in [3.8, 4) is 0 Å². The molecule has 1 heterocycles. The molecule has 0 radical (unpaired) electrons. The highest BCUT2D eigenvalue weighted by Crippen LogP contribution is 2.19. The monoisotopic (exact) mass is 171 g/mol. The first-order valence-corrected chi connectivity index (χ1v) is 4.38. The van der Waals surface area contributed by atoms with E-state index in [0.29, 0.717) is 6.54 Å². The minimum atomic E-state index is 0.703. The lowest BCUT2D eigenvalue weighted by Crippen LogP contribution is -2.07. The summed E-state index contributed by atoms with van der Waals surface area (Å²) in [5, 5.41) is 1.05. The summed E-state index contributed by atoms with van der Waals surface area (Å²) in [6.07, 6.45) is 2.83. The SMILES string of the molecule is CN(C)c1ncc(CCN)s1. The molecular formula is C7H13N3S. The molecule has 0 aliphatic rings. The van der Waals surface area contributed by atoms with Crippen molar-refractivity contribution in [2.45, 2.75) is 6.42 Å². The second kappa shape index (κ2) is 3.69. The second-order valence-corrected chi connectivity index (χ2v) is 3.64. The van der Waals surface area contributed by atoms with Crippen LogP contribution in [0, 0.1) is 0 Å². The number of hydrogen-bond donors (Lipinski definition) is 1. The van der Waals surface area contributed by atoms with Crippen LogP contribution in [0.4, 0.5) is 5.13 Å². The van der Waals surface area contributed by atoms with E-state index >= 15 is 0 Å². The zero-order chi connectivity index (χ0) is 8.27. The fourth-order valence-electron chi connectivity index (χ4n) is 0.762. The highest BCUT2D eigenvalue weighted by Gasteiger charge is 2.01.